The van der Waals surface area contributed by atoms with Gasteiger partial charge in [-0.05, 0) is 43.9 Å². The van der Waals surface area contributed by atoms with E-state index in [1.165, 1.54) is 5.56 Å². The lowest BCUT2D eigenvalue weighted by Crippen LogP contribution is -2.18. The molecule has 5 heteroatoms. The molecule has 21 heavy (non-hydrogen) atoms. The van der Waals surface area contributed by atoms with Gasteiger partial charge in [-0.25, -0.2) is 0 Å². The Balaban J connectivity index is 2.09. The molecular weight excluding hydrogens is 266 g/mol. The fourth-order valence-electron chi connectivity index (χ4n) is 2.38. The molecule has 1 atom stereocenters. The van der Waals surface area contributed by atoms with Crippen LogP contribution in [0.4, 0.5) is 0 Å². The van der Waals surface area contributed by atoms with Crippen LogP contribution in [0, 0.1) is 13.8 Å². The molecule has 0 fully saturated rings. The maximum atomic E-state index is 5.85. The van der Waals surface area contributed by atoms with Gasteiger partial charge < -0.3 is 15.0 Å². The van der Waals surface area contributed by atoms with Crippen LogP contribution in [0.25, 0.3) is 0 Å². The molecule has 0 aliphatic heterocycles. The predicted octanol–water partition coefficient (Wildman–Crippen LogP) is 2.72. The monoisotopic (exact) mass is 289 g/mol. The lowest BCUT2D eigenvalue weighted by atomic mass is 10.0. The second-order valence-electron chi connectivity index (χ2n) is 5.49. The Bertz CT molecular complexity index is 582. The maximum absolute atomic E-state index is 5.85. The average molecular weight is 289 g/mol. The quantitative estimate of drug-likeness (QED) is 0.885. The number of rotatable bonds is 6. The van der Waals surface area contributed by atoms with Crippen LogP contribution in [-0.4, -0.2) is 16.2 Å². The first-order chi connectivity index (χ1) is 9.99. The average Bonchev–Trinajstić information content (AvgIpc) is 2.85. The summed E-state index contributed by atoms with van der Waals surface area (Å²) in [6.45, 7) is 8.37. The third kappa shape index (κ3) is 4.04. The van der Waals surface area contributed by atoms with Crippen LogP contribution >= 0.6 is 0 Å². The summed E-state index contributed by atoms with van der Waals surface area (Å²) in [6, 6.07) is 4.40. The standard InChI is InChI=1S/C16H23N3O2/c1-5-14-18-15(21-19-14)9-20-16-10(2)6-13(7-11(16)3)8-12(4)17/h6-7,12H,5,8-9,17H2,1-4H3. The van der Waals surface area contributed by atoms with Gasteiger partial charge in [0.05, 0.1) is 0 Å². The summed E-state index contributed by atoms with van der Waals surface area (Å²) < 4.78 is 11.0. The molecule has 1 aromatic carbocycles. The number of nitrogens with two attached hydrogens (primary N) is 1. The first-order valence-corrected chi connectivity index (χ1v) is 7.29. The number of hydrogen-bond acceptors (Lipinski definition) is 5. The Kier molecular flexibility index (Phi) is 4.96. The Hall–Kier alpha value is -1.88. The molecule has 5 nitrogen and oxygen atoms in total. The van der Waals surface area contributed by atoms with Gasteiger partial charge in [0.15, 0.2) is 12.4 Å². The van der Waals surface area contributed by atoms with Crippen LogP contribution in [0.2, 0.25) is 0 Å². The zero-order valence-corrected chi connectivity index (χ0v) is 13.1. The van der Waals surface area contributed by atoms with E-state index in [0.717, 1.165) is 29.7 Å². The maximum Gasteiger partial charge on any atom is 0.264 e. The highest BCUT2D eigenvalue weighted by Gasteiger charge is 2.10. The molecule has 0 spiro atoms. The number of aromatic nitrogens is 2. The highest BCUT2D eigenvalue weighted by atomic mass is 16.5. The molecule has 2 aromatic rings. The van der Waals surface area contributed by atoms with Crippen molar-refractivity contribution in [3.63, 3.8) is 0 Å². The van der Waals surface area contributed by atoms with Crippen molar-refractivity contribution in [3.8, 4) is 5.75 Å². The van der Waals surface area contributed by atoms with Crippen LogP contribution in [0.3, 0.4) is 0 Å². The molecule has 0 bridgehead atoms. The highest BCUT2D eigenvalue weighted by Crippen LogP contribution is 2.26. The SMILES string of the molecule is CCc1noc(COc2c(C)cc(CC(C)N)cc2C)n1. The molecule has 0 aliphatic carbocycles. The van der Waals surface area contributed by atoms with Gasteiger partial charge in [-0.15, -0.1) is 0 Å². The van der Waals surface area contributed by atoms with E-state index in [1.807, 2.05) is 27.7 Å². The van der Waals surface area contributed by atoms with Gasteiger partial charge in [-0.3, -0.25) is 0 Å². The topological polar surface area (TPSA) is 74.2 Å². The summed E-state index contributed by atoms with van der Waals surface area (Å²) in [5.41, 5.74) is 9.28. The summed E-state index contributed by atoms with van der Waals surface area (Å²) in [5.74, 6) is 2.08. The molecule has 2 rings (SSSR count). The summed E-state index contributed by atoms with van der Waals surface area (Å²) >= 11 is 0. The van der Waals surface area contributed by atoms with E-state index in [-0.39, 0.29) is 6.04 Å². The third-order valence-corrected chi connectivity index (χ3v) is 3.24. The molecule has 0 amide bonds. The van der Waals surface area contributed by atoms with Crippen LogP contribution in [0.1, 0.15) is 42.3 Å². The number of ether oxygens (including phenoxy) is 1. The van der Waals surface area contributed by atoms with Crippen molar-refractivity contribution in [2.24, 2.45) is 5.73 Å². The normalized spacial score (nSPS) is 12.4. The van der Waals surface area contributed by atoms with E-state index in [4.69, 9.17) is 15.0 Å². The van der Waals surface area contributed by atoms with E-state index in [2.05, 4.69) is 22.3 Å². The molecule has 114 valence electrons. The molecule has 0 aliphatic rings. The molecule has 1 heterocycles. The second kappa shape index (κ2) is 6.72. The van der Waals surface area contributed by atoms with Crippen molar-refractivity contribution < 1.29 is 9.26 Å². The van der Waals surface area contributed by atoms with Crippen molar-refractivity contribution in [1.29, 1.82) is 0 Å². The molecule has 1 unspecified atom stereocenters. The largest absolute Gasteiger partial charge is 0.483 e. The predicted molar refractivity (Wildman–Crippen MR) is 81.3 cm³/mol. The molecule has 0 radical (unpaired) electrons. The lowest BCUT2D eigenvalue weighted by Gasteiger charge is -2.14. The second-order valence-corrected chi connectivity index (χ2v) is 5.49. The minimum absolute atomic E-state index is 0.154. The number of nitrogens with zero attached hydrogens (tertiary/aromatic N) is 2. The third-order valence-electron chi connectivity index (χ3n) is 3.24. The molecule has 0 saturated heterocycles. The molecule has 0 saturated carbocycles. The molecular formula is C16H23N3O2. The van der Waals surface area contributed by atoms with Gasteiger partial charge in [0.1, 0.15) is 5.75 Å². The van der Waals surface area contributed by atoms with Crippen LogP contribution in [-0.2, 0) is 19.4 Å². The van der Waals surface area contributed by atoms with Crippen molar-refractivity contribution in [3.05, 3.63) is 40.5 Å². The van der Waals surface area contributed by atoms with Gasteiger partial charge in [-0.1, -0.05) is 24.2 Å². The summed E-state index contributed by atoms with van der Waals surface area (Å²) in [5, 5.41) is 3.86. The number of hydrogen-bond donors (Lipinski definition) is 1. The highest BCUT2D eigenvalue weighted by molar-refractivity contribution is 5.43. The van der Waals surface area contributed by atoms with Crippen LogP contribution < -0.4 is 10.5 Å². The Morgan fingerprint density at radius 3 is 2.48 bits per heavy atom. The molecule has 1 aromatic heterocycles. The van der Waals surface area contributed by atoms with Gasteiger partial charge >= 0.3 is 0 Å². The van der Waals surface area contributed by atoms with Crippen LogP contribution in [0.5, 0.6) is 5.75 Å². The first-order valence-electron chi connectivity index (χ1n) is 7.29. The Morgan fingerprint density at radius 2 is 1.95 bits per heavy atom. The van der Waals surface area contributed by atoms with Crippen molar-refractivity contribution in [2.45, 2.75) is 53.2 Å². The van der Waals surface area contributed by atoms with E-state index in [0.29, 0.717) is 18.3 Å². The first kappa shape index (κ1) is 15.5. The van der Waals surface area contributed by atoms with Gasteiger partial charge in [0.25, 0.3) is 5.89 Å². The Morgan fingerprint density at radius 1 is 1.29 bits per heavy atom. The molecule has 2 N–H and O–H groups in total. The van der Waals surface area contributed by atoms with Gasteiger partial charge in [-0.2, -0.15) is 4.98 Å². The van der Waals surface area contributed by atoms with E-state index in [9.17, 15) is 0 Å². The fraction of sp³-hybridized carbons (Fsp3) is 0.500. The van der Waals surface area contributed by atoms with Crippen molar-refractivity contribution in [1.82, 2.24) is 10.1 Å². The van der Waals surface area contributed by atoms with Gasteiger partial charge in [0, 0.05) is 12.5 Å². The van der Waals surface area contributed by atoms with Gasteiger partial charge in [0.2, 0.25) is 0 Å². The Labute approximate surface area is 125 Å². The fourth-order valence-corrected chi connectivity index (χ4v) is 2.38. The van der Waals surface area contributed by atoms with Crippen LogP contribution in [0.15, 0.2) is 16.7 Å². The zero-order chi connectivity index (χ0) is 15.4. The minimum atomic E-state index is 0.154. The zero-order valence-electron chi connectivity index (χ0n) is 13.1. The summed E-state index contributed by atoms with van der Waals surface area (Å²) in [4.78, 5) is 4.24. The lowest BCUT2D eigenvalue weighted by molar-refractivity contribution is 0.240. The summed E-state index contributed by atoms with van der Waals surface area (Å²) in [7, 11) is 0. The number of benzene rings is 1. The van der Waals surface area contributed by atoms with Crippen molar-refractivity contribution in [2.75, 3.05) is 0 Å². The minimum Gasteiger partial charge on any atom is -0.483 e. The van der Waals surface area contributed by atoms with E-state index >= 15 is 0 Å². The number of aryl methyl sites for hydroxylation is 3. The smallest absolute Gasteiger partial charge is 0.264 e. The van der Waals surface area contributed by atoms with E-state index < -0.39 is 0 Å². The van der Waals surface area contributed by atoms with E-state index in [1.54, 1.807) is 0 Å². The van der Waals surface area contributed by atoms with Crippen molar-refractivity contribution >= 4 is 0 Å². The summed E-state index contributed by atoms with van der Waals surface area (Å²) in [6.07, 6.45) is 1.62.